The zero-order chi connectivity index (χ0) is 24.8. The van der Waals surface area contributed by atoms with E-state index in [2.05, 4.69) is 9.88 Å². The fourth-order valence-electron chi connectivity index (χ4n) is 5.11. The molecule has 1 aliphatic rings. The van der Waals surface area contributed by atoms with E-state index < -0.39 is 0 Å². The number of benzene rings is 3. The molecule has 3 aromatic carbocycles. The van der Waals surface area contributed by atoms with Crippen LogP contribution in [0.15, 0.2) is 79.0 Å². The maximum absolute atomic E-state index is 13.9. The van der Waals surface area contributed by atoms with Gasteiger partial charge in [-0.2, -0.15) is 0 Å². The topological polar surface area (TPSA) is 38.4 Å². The first-order valence-corrected chi connectivity index (χ1v) is 12.6. The number of carbonyl (C=O) groups is 1. The maximum atomic E-state index is 13.9. The molecule has 5 aromatic rings. The van der Waals surface area contributed by atoms with Crippen LogP contribution in [0.25, 0.3) is 28.0 Å². The molecule has 0 radical (unpaired) electrons. The number of aromatic nitrogens is 2. The van der Waals surface area contributed by atoms with Crippen LogP contribution in [0.1, 0.15) is 28.9 Å². The van der Waals surface area contributed by atoms with Crippen LogP contribution in [-0.2, 0) is 13.0 Å². The highest BCUT2D eigenvalue weighted by Crippen LogP contribution is 2.40. The van der Waals surface area contributed by atoms with Crippen molar-refractivity contribution in [3.05, 3.63) is 106 Å². The number of hydrogen-bond acceptors (Lipinski definition) is 1. The van der Waals surface area contributed by atoms with Crippen LogP contribution in [0.3, 0.4) is 0 Å². The number of anilines is 1. The Bertz CT molecular complexity index is 1580. The molecular formula is C29H22Cl2FN3O. The van der Waals surface area contributed by atoms with E-state index >= 15 is 0 Å². The van der Waals surface area contributed by atoms with Crippen molar-refractivity contribution >= 4 is 40.4 Å². The smallest absolute Gasteiger partial charge is 0.273 e. The van der Waals surface area contributed by atoms with Gasteiger partial charge in [0.1, 0.15) is 17.2 Å². The quantitative estimate of drug-likeness (QED) is 0.257. The summed E-state index contributed by atoms with van der Waals surface area (Å²) in [7, 11) is 0. The predicted molar refractivity (Wildman–Crippen MR) is 144 cm³/mol. The molecule has 6 rings (SSSR count). The van der Waals surface area contributed by atoms with Gasteiger partial charge < -0.3 is 9.88 Å². The largest absolute Gasteiger partial charge is 0.325 e. The maximum Gasteiger partial charge on any atom is 0.273 e. The number of rotatable bonds is 4. The Hall–Kier alpha value is -3.54. The van der Waals surface area contributed by atoms with Crippen LogP contribution in [0.5, 0.6) is 0 Å². The van der Waals surface area contributed by atoms with Crippen LogP contribution >= 0.6 is 23.2 Å². The van der Waals surface area contributed by atoms with Crippen molar-refractivity contribution in [1.29, 1.82) is 0 Å². The zero-order valence-corrected chi connectivity index (χ0v) is 20.8. The molecule has 1 amide bonds. The van der Waals surface area contributed by atoms with Gasteiger partial charge in [-0.25, -0.2) is 4.39 Å². The van der Waals surface area contributed by atoms with Gasteiger partial charge in [-0.05, 0) is 91.1 Å². The summed E-state index contributed by atoms with van der Waals surface area (Å²) in [4.78, 5) is 13.9. The molecule has 0 fully saturated rings. The van der Waals surface area contributed by atoms with Gasteiger partial charge >= 0.3 is 0 Å². The Balaban J connectivity index is 1.60. The number of aryl methyl sites for hydroxylation is 2. The number of halogens is 3. The number of hydrogen-bond donors (Lipinski definition) is 1. The lowest BCUT2D eigenvalue weighted by molar-refractivity contribution is 0.102. The average molecular weight is 518 g/mol. The van der Waals surface area contributed by atoms with Gasteiger partial charge in [-0.3, -0.25) is 9.20 Å². The Kier molecular flexibility index (Phi) is 5.82. The molecule has 0 spiro atoms. The summed E-state index contributed by atoms with van der Waals surface area (Å²) in [5.74, 6) is -0.492. The third kappa shape index (κ3) is 3.98. The highest BCUT2D eigenvalue weighted by Gasteiger charge is 2.29. The minimum absolute atomic E-state index is 0.216. The summed E-state index contributed by atoms with van der Waals surface area (Å²) >= 11 is 12.2. The third-order valence-electron chi connectivity index (χ3n) is 6.72. The van der Waals surface area contributed by atoms with E-state index in [0.717, 1.165) is 59.4 Å². The monoisotopic (exact) mass is 517 g/mol. The van der Waals surface area contributed by atoms with E-state index in [4.69, 9.17) is 23.2 Å². The van der Waals surface area contributed by atoms with E-state index in [-0.39, 0.29) is 11.7 Å². The van der Waals surface area contributed by atoms with Gasteiger partial charge in [0.2, 0.25) is 0 Å². The van der Waals surface area contributed by atoms with Gasteiger partial charge in [0.25, 0.3) is 5.91 Å². The SMILES string of the molecule is O=C(Nc1ccc(Cl)cc1)c1c(-c2ccc(Cl)cc2)c2c3n(c(-c4ccc(F)cc4)cn13)CCCC2. The molecule has 2 aromatic heterocycles. The summed E-state index contributed by atoms with van der Waals surface area (Å²) < 4.78 is 17.9. The van der Waals surface area contributed by atoms with Crippen LogP contribution in [0, 0.1) is 5.82 Å². The lowest BCUT2D eigenvalue weighted by Gasteiger charge is -2.10. The lowest BCUT2D eigenvalue weighted by Crippen LogP contribution is -2.15. The molecule has 0 bridgehead atoms. The van der Waals surface area contributed by atoms with E-state index in [9.17, 15) is 9.18 Å². The summed E-state index contributed by atoms with van der Waals surface area (Å²) in [5.41, 5.74) is 7.06. The second-order valence-electron chi connectivity index (χ2n) is 8.99. The molecule has 36 heavy (non-hydrogen) atoms. The second kappa shape index (κ2) is 9.16. The average Bonchev–Trinajstić information content (AvgIpc) is 3.29. The molecule has 1 aliphatic heterocycles. The van der Waals surface area contributed by atoms with Gasteiger partial charge in [-0.1, -0.05) is 35.3 Å². The minimum atomic E-state index is -0.276. The molecule has 7 heteroatoms. The summed E-state index contributed by atoms with van der Waals surface area (Å²) in [6, 6.07) is 21.2. The zero-order valence-electron chi connectivity index (χ0n) is 19.3. The van der Waals surface area contributed by atoms with E-state index in [0.29, 0.717) is 21.4 Å². The van der Waals surface area contributed by atoms with E-state index in [1.54, 1.807) is 36.4 Å². The first-order chi connectivity index (χ1) is 17.5. The minimum Gasteiger partial charge on any atom is -0.325 e. The standard InChI is InChI=1S/C29H22Cl2FN3O/c30-20-8-4-19(5-9-20)26-24-3-1-2-16-34-25(18-6-12-22(32)13-7-18)17-35(29(24)34)27(26)28(36)33-23-14-10-21(31)11-15-23/h4-15,17H,1-3,16H2,(H,33,36). The highest BCUT2D eigenvalue weighted by molar-refractivity contribution is 6.31. The number of nitrogens with zero attached hydrogens (tertiary/aromatic N) is 2. The van der Waals surface area contributed by atoms with Gasteiger partial charge in [-0.15, -0.1) is 0 Å². The van der Waals surface area contributed by atoms with Crippen LogP contribution in [-0.4, -0.2) is 14.9 Å². The first-order valence-electron chi connectivity index (χ1n) is 11.8. The van der Waals surface area contributed by atoms with Gasteiger partial charge in [0, 0.05) is 39.6 Å². The van der Waals surface area contributed by atoms with Crippen molar-refractivity contribution in [2.24, 2.45) is 0 Å². The summed E-state index contributed by atoms with van der Waals surface area (Å²) in [5, 5.41) is 4.29. The predicted octanol–water partition coefficient (Wildman–Crippen LogP) is 8.11. The van der Waals surface area contributed by atoms with Crippen LogP contribution < -0.4 is 5.32 Å². The molecule has 0 aliphatic carbocycles. The molecule has 3 heterocycles. The first kappa shape index (κ1) is 22.9. The number of imidazole rings is 1. The Morgan fingerprint density at radius 2 is 1.47 bits per heavy atom. The van der Waals surface area contributed by atoms with E-state index in [1.165, 1.54) is 12.1 Å². The number of amides is 1. The van der Waals surface area contributed by atoms with Crippen molar-refractivity contribution in [2.75, 3.05) is 5.32 Å². The van der Waals surface area contributed by atoms with Crippen molar-refractivity contribution in [3.8, 4) is 22.4 Å². The molecular weight excluding hydrogens is 496 g/mol. The molecule has 180 valence electrons. The Morgan fingerprint density at radius 1 is 0.833 bits per heavy atom. The summed E-state index contributed by atoms with van der Waals surface area (Å²) in [6.07, 6.45) is 4.86. The van der Waals surface area contributed by atoms with Crippen LogP contribution in [0.4, 0.5) is 10.1 Å². The highest BCUT2D eigenvalue weighted by atomic mass is 35.5. The summed E-state index contributed by atoms with van der Waals surface area (Å²) in [6.45, 7) is 0.818. The van der Waals surface area contributed by atoms with Crippen LogP contribution in [0.2, 0.25) is 10.0 Å². The molecule has 0 atom stereocenters. The van der Waals surface area contributed by atoms with Gasteiger partial charge in [0.15, 0.2) is 0 Å². The van der Waals surface area contributed by atoms with Crippen molar-refractivity contribution in [2.45, 2.75) is 25.8 Å². The molecule has 1 N–H and O–H groups in total. The van der Waals surface area contributed by atoms with Crippen molar-refractivity contribution in [1.82, 2.24) is 8.97 Å². The lowest BCUT2D eigenvalue weighted by atomic mass is 9.97. The van der Waals surface area contributed by atoms with Crippen molar-refractivity contribution < 1.29 is 9.18 Å². The number of carbonyl (C=O) groups excluding carboxylic acids is 1. The number of nitrogens with one attached hydrogen (secondary N) is 1. The fraction of sp³-hybridized carbons (Fsp3) is 0.138. The van der Waals surface area contributed by atoms with Crippen molar-refractivity contribution in [3.63, 3.8) is 0 Å². The Morgan fingerprint density at radius 3 is 2.17 bits per heavy atom. The molecule has 4 nitrogen and oxygen atoms in total. The second-order valence-corrected chi connectivity index (χ2v) is 9.87. The molecule has 0 saturated carbocycles. The van der Waals surface area contributed by atoms with Gasteiger partial charge in [0.05, 0.1) is 5.69 Å². The fourth-order valence-corrected chi connectivity index (χ4v) is 5.36. The van der Waals surface area contributed by atoms with E-state index in [1.807, 2.05) is 34.9 Å². The molecule has 0 unspecified atom stereocenters. The normalized spacial score (nSPS) is 13.1. The Labute approximate surface area is 217 Å². The molecule has 0 saturated heterocycles. The third-order valence-corrected chi connectivity index (χ3v) is 7.23.